The van der Waals surface area contributed by atoms with Gasteiger partial charge in [-0.2, -0.15) is 0 Å². The molecule has 3 heteroatoms. The van der Waals surface area contributed by atoms with Gasteiger partial charge in [0.15, 0.2) is 0 Å². The first kappa shape index (κ1) is 18.9. The van der Waals surface area contributed by atoms with Gasteiger partial charge in [-0.05, 0) is 99.2 Å². The summed E-state index contributed by atoms with van der Waals surface area (Å²) >= 11 is 5.80. The van der Waals surface area contributed by atoms with Crippen LogP contribution in [0.15, 0.2) is 30.4 Å². The van der Waals surface area contributed by atoms with E-state index in [2.05, 4.69) is 6.08 Å². The van der Waals surface area contributed by atoms with Crippen molar-refractivity contribution in [2.75, 3.05) is 6.67 Å². The highest BCUT2D eigenvalue weighted by molar-refractivity contribution is 6.30. The lowest BCUT2D eigenvalue weighted by Gasteiger charge is -2.37. The number of rotatable bonds is 5. The lowest BCUT2D eigenvalue weighted by atomic mass is 9.68. The quantitative estimate of drug-likeness (QED) is 0.474. The first-order chi connectivity index (χ1) is 12.2. The summed E-state index contributed by atoms with van der Waals surface area (Å²) in [5, 5.41) is 0.217. The lowest BCUT2D eigenvalue weighted by Crippen LogP contribution is -2.25. The molecule has 1 aromatic rings. The van der Waals surface area contributed by atoms with Crippen LogP contribution in [0.5, 0.6) is 0 Å². The Morgan fingerprint density at radius 1 is 0.960 bits per heavy atom. The Balaban J connectivity index is 1.46. The molecule has 25 heavy (non-hydrogen) atoms. The summed E-state index contributed by atoms with van der Waals surface area (Å²) in [6.45, 7) is -0.243. The van der Waals surface area contributed by atoms with E-state index in [0.29, 0.717) is 18.3 Å². The Kier molecular flexibility index (Phi) is 6.92. The molecular formula is C22H29ClF2. The summed E-state index contributed by atoms with van der Waals surface area (Å²) in [6, 6.07) is 5.31. The Hall–Kier alpha value is -0.890. The van der Waals surface area contributed by atoms with Gasteiger partial charge in [-0.25, -0.2) is 4.39 Å². The van der Waals surface area contributed by atoms with Crippen molar-refractivity contribution in [3.8, 4) is 0 Å². The van der Waals surface area contributed by atoms with Gasteiger partial charge < -0.3 is 0 Å². The molecule has 0 bridgehead atoms. The van der Waals surface area contributed by atoms with Gasteiger partial charge in [0.25, 0.3) is 0 Å². The van der Waals surface area contributed by atoms with Crippen molar-refractivity contribution in [1.29, 1.82) is 0 Å². The fourth-order valence-corrected chi connectivity index (χ4v) is 4.97. The second kappa shape index (κ2) is 9.16. The van der Waals surface area contributed by atoms with Crippen LogP contribution in [0.4, 0.5) is 8.78 Å². The van der Waals surface area contributed by atoms with Crippen LogP contribution in [-0.2, 0) is 0 Å². The predicted molar refractivity (Wildman–Crippen MR) is 101 cm³/mol. The van der Waals surface area contributed by atoms with Crippen LogP contribution in [-0.4, -0.2) is 6.67 Å². The molecule has 2 aliphatic rings. The van der Waals surface area contributed by atoms with E-state index in [1.165, 1.54) is 51.4 Å². The van der Waals surface area contributed by atoms with E-state index in [4.69, 9.17) is 11.6 Å². The molecule has 2 fully saturated rings. The van der Waals surface area contributed by atoms with Crippen molar-refractivity contribution in [3.63, 3.8) is 0 Å². The number of hydrogen-bond acceptors (Lipinski definition) is 0. The predicted octanol–water partition coefficient (Wildman–Crippen LogP) is 7.48. The van der Waals surface area contributed by atoms with Crippen molar-refractivity contribution >= 4 is 11.6 Å². The number of benzene rings is 1. The summed E-state index contributed by atoms with van der Waals surface area (Å²) < 4.78 is 25.9. The number of allylic oxidation sites excluding steroid dienone is 2. The molecule has 0 N–H and O–H groups in total. The third kappa shape index (κ3) is 5.06. The lowest BCUT2D eigenvalue weighted by molar-refractivity contribution is 0.171. The summed E-state index contributed by atoms with van der Waals surface area (Å²) in [6.07, 6.45) is 14.8. The Labute approximate surface area is 155 Å². The summed E-state index contributed by atoms with van der Waals surface area (Å²) in [7, 11) is 0. The molecule has 0 radical (unpaired) electrons. The van der Waals surface area contributed by atoms with Crippen molar-refractivity contribution in [3.05, 3.63) is 46.8 Å². The molecule has 0 atom stereocenters. The minimum Gasteiger partial charge on any atom is -0.251 e. The van der Waals surface area contributed by atoms with E-state index < -0.39 is 0 Å². The van der Waals surface area contributed by atoms with Gasteiger partial charge in [-0.1, -0.05) is 29.8 Å². The second-order valence-electron chi connectivity index (χ2n) is 7.87. The maximum Gasteiger partial charge on any atom is 0.142 e. The van der Waals surface area contributed by atoms with Crippen LogP contribution in [0.3, 0.4) is 0 Å². The Morgan fingerprint density at radius 3 is 2.20 bits per heavy atom. The van der Waals surface area contributed by atoms with Gasteiger partial charge >= 0.3 is 0 Å². The summed E-state index contributed by atoms with van der Waals surface area (Å²) in [5.74, 6) is 2.55. The van der Waals surface area contributed by atoms with Crippen molar-refractivity contribution in [2.45, 2.75) is 63.7 Å². The molecule has 3 rings (SSSR count). The molecular weight excluding hydrogens is 338 g/mol. The van der Waals surface area contributed by atoms with E-state index in [0.717, 1.165) is 17.4 Å². The van der Waals surface area contributed by atoms with Crippen LogP contribution in [0.2, 0.25) is 5.02 Å². The van der Waals surface area contributed by atoms with E-state index in [-0.39, 0.29) is 17.5 Å². The fourth-order valence-electron chi connectivity index (χ4n) is 4.85. The molecule has 0 saturated heterocycles. The van der Waals surface area contributed by atoms with Gasteiger partial charge in [0.2, 0.25) is 0 Å². The first-order valence-electron chi connectivity index (χ1n) is 9.85. The van der Waals surface area contributed by atoms with Gasteiger partial charge in [0.1, 0.15) is 5.82 Å². The molecule has 0 amide bonds. The highest BCUT2D eigenvalue weighted by Crippen LogP contribution is 2.44. The van der Waals surface area contributed by atoms with Crippen LogP contribution in [0.1, 0.15) is 69.3 Å². The average Bonchev–Trinajstić information content (AvgIpc) is 2.65. The maximum atomic E-state index is 13.7. The molecule has 0 spiro atoms. The van der Waals surface area contributed by atoms with Gasteiger partial charge in [-0.15, -0.1) is 0 Å². The fraction of sp³-hybridized carbons (Fsp3) is 0.636. The SMILES string of the molecule is FCC/C=C/[C@H]1CC[C@H](C2CCC(c3ccc(Cl)c(F)c3)CC2)CC1. The van der Waals surface area contributed by atoms with Crippen molar-refractivity contribution in [2.24, 2.45) is 17.8 Å². The van der Waals surface area contributed by atoms with E-state index >= 15 is 0 Å². The Morgan fingerprint density at radius 2 is 1.60 bits per heavy atom. The molecule has 138 valence electrons. The van der Waals surface area contributed by atoms with Crippen LogP contribution in [0.25, 0.3) is 0 Å². The molecule has 0 heterocycles. The van der Waals surface area contributed by atoms with Crippen molar-refractivity contribution in [1.82, 2.24) is 0 Å². The molecule has 2 saturated carbocycles. The minimum atomic E-state index is -0.291. The molecule has 0 nitrogen and oxygen atoms in total. The van der Waals surface area contributed by atoms with Gasteiger partial charge in [0.05, 0.1) is 11.7 Å². The summed E-state index contributed by atoms with van der Waals surface area (Å²) in [5.41, 5.74) is 1.11. The number of hydrogen-bond donors (Lipinski definition) is 0. The zero-order valence-electron chi connectivity index (χ0n) is 14.9. The molecule has 2 aliphatic carbocycles. The highest BCUT2D eigenvalue weighted by atomic mass is 35.5. The number of alkyl halides is 1. The van der Waals surface area contributed by atoms with Crippen LogP contribution in [0, 0.1) is 23.6 Å². The second-order valence-corrected chi connectivity index (χ2v) is 8.27. The number of halogens is 3. The average molecular weight is 367 g/mol. The molecule has 1 aromatic carbocycles. The minimum absolute atomic E-state index is 0.217. The largest absolute Gasteiger partial charge is 0.251 e. The normalized spacial score (nSPS) is 30.7. The standard InChI is InChI=1S/C22H29ClF2/c23-21-13-12-20(15-22(21)25)19-10-8-18(9-11-19)17-6-4-16(5-7-17)3-1-2-14-24/h1,3,12-13,15-19H,2,4-11,14H2/b3-1+/t16-,17-,18?,19?. The first-order valence-corrected chi connectivity index (χ1v) is 10.2. The Bertz CT molecular complexity index is 567. The molecule has 0 aromatic heterocycles. The molecule has 0 unspecified atom stereocenters. The van der Waals surface area contributed by atoms with Gasteiger partial charge in [-0.3, -0.25) is 4.39 Å². The van der Waals surface area contributed by atoms with E-state index in [1.807, 2.05) is 12.1 Å². The third-order valence-electron chi connectivity index (χ3n) is 6.35. The smallest absolute Gasteiger partial charge is 0.142 e. The van der Waals surface area contributed by atoms with Crippen LogP contribution < -0.4 is 0 Å². The van der Waals surface area contributed by atoms with E-state index in [1.54, 1.807) is 12.1 Å². The highest BCUT2D eigenvalue weighted by Gasteiger charge is 2.30. The molecule has 0 aliphatic heterocycles. The zero-order chi connectivity index (χ0) is 17.6. The summed E-state index contributed by atoms with van der Waals surface area (Å²) in [4.78, 5) is 0. The van der Waals surface area contributed by atoms with E-state index in [9.17, 15) is 8.78 Å². The third-order valence-corrected chi connectivity index (χ3v) is 6.66. The van der Waals surface area contributed by atoms with Crippen molar-refractivity contribution < 1.29 is 8.78 Å². The topological polar surface area (TPSA) is 0 Å². The van der Waals surface area contributed by atoms with Crippen LogP contribution >= 0.6 is 11.6 Å². The van der Waals surface area contributed by atoms with Gasteiger partial charge in [0, 0.05) is 0 Å². The monoisotopic (exact) mass is 366 g/mol. The zero-order valence-corrected chi connectivity index (χ0v) is 15.7. The maximum absolute atomic E-state index is 13.7.